The van der Waals surface area contributed by atoms with E-state index in [-0.39, 0.29) is 18.0 Å². The molecule has 0 bridgehead atoms. The van der Waals surface area contributed by atoms with Crippen LogP contribution in [-0.2, 0) is 0 Å². The van der Waals surface area contributed by atoms with E-state index in [1.54, 1.807) is 12.1 Å². The summed E-state index contributed by atoms with van der Waals surface area (Å²) in [5, 5.41) is 1.05. The molecule has 0 radical (unpaired) electrons. The molecule has 104 valence electrons. The number of Topliss-reactive ketones (excluding diaryl/α,β-unsaturated/α-hetero) is 2. The molecule has 0 aliphatic rings. The zero-order chi connectivity index (χ0) is 14.8. The number of hydrogen-bond donors (Lipinski definition) is 0. The van der Waals surface area contributed by atoms with Gasteiger partial charge in [-0.25, -0.2) is 0 Å². The first-order valence-corrected chi connectivity index (χ1v) is 7.57. The molecule has 0 saturated carbocycles. The predicted molar refractivity (Wildman–Crippen MR) is 86.3 cm³/mol. The summed E-state index contributed by atoms with van der Waals surface area (Å²) in [4.78, 5) is 25.0. The molecule has 3 heteroatoms. The lowest BCUT2D eigenvalue weighted by molar-refractivity contribution is 0.0896. The molecule has 21 heavy (non-hydrogen) atoms. The van der Waals surface area contributed by atoms with Crippen LogP contribution in [0.25, 0.3) is 10.1 Å². The third-order valence-electron chi connectivity index (χ3n) is 3.40. The van der Waals surface area contributed by atoms with Crippen LogP contribution in [0.1, 0.15) is 32.0 Å². The minimum Gasteiger partial charge on any atom is -0.294 e. The van der Waals surface area contributed by atoms with Crippen molar-refractivity contribution in [1.82, 2.24) is 0 Å². The van der Waals surface area contributed by atoms with Crippen LogP contribution in [0.2, 0.25) is 0 Å². The quantitative estimate of drug-likeness (QED) is 0.518. The van der Waals surface area contributed by atoms with Gasteiger partial charge in [0.05, 0.1) is 11.3 Å². The normalized spacial score (nSPS) is 10.7. The zero-order valence-electron chi connectivity index (χ0n) is 11.6. The van der Waals surface area contributed by atoms with E-state index >= 15 is 0 Å². The molecule has 0 aliphatic carbocycles. The number of aryl methyl sites for hydroxylation is 1. The van der Waals surface area contributed by atoms with Crippen molar-refractivity contribution in [1.29, 1.82) is 0 Å². The first kappa shape index (κ1) is 13.7. The van der Waals surface area contributed by atoms with Crippen molar-refractivity contribution in [3.05, 3.63) is 70.6 Å². The number of carbonyl (C=O) groups is 2. The Morgan fingerprint density at radius 1 is 0.952 bits per heavy atom. The number of carbonyl (C=O) groups excluding carboxylic acids is 2. The molecule has 3 aromatic rings. The Hall–Kier alpha value is -2.26. The third kappa shape index (κ3) is 2.93. The highest BCUT2D eigenvalue weighted by Gasteiger charge is 2.15. The van der Waals surface area contributed by atoms with Gasteiger partial charge in [0, 0.05) is 10.3 Å². The first-order valence-electron chi connectivity index (χ1n) is 6.75. The summed E-state index contributed by atoms with van der Waals surface area (Å²) in [6, 6.07) is 17.0. The maximum absolute atomic E-state index is 12.3. The van der Waals surface area contributed by atoms with Gasteiger partial charge >= 0.3 is 0 Å². The van der Waals surface area contributed by atoms with Crippen LogP contribution in [0.5, 0.6) is 0 Å². The number of rotatable bonds is 4. The predicted octanol–water partition coefficient (Wildman–Crippen LogP) is 4.67. The van der Waals surface area contributed by atoms with E-state index in [1.165, 1.54) is 11.3 Å². The molecular formula is C18H14O2S. The van der Waals surface area contributed by atoms with Crippen molar-refractivity contribution in [2.75, 3.05) is 0 Å². The van der Waals surface area contributed by atoms with Crippen molar-refractivity contribution in [3.8, 4) is 0 Å². The van der Waals surface area contributed by atoms with Crippen LogP contribution in [0.15, 0.2) is 54.6 Å². The largest absolute Gasteiger partial charge is 0.294 e. The first-order chi connectivity index (χ1) is 10.1. The molecule has 0 amide bonds. The molecule has 3 rings (SSSR count). The number of thiophene rings is 1. The standard InChI is InChI=1S/C18H14O2S/c1-12-6-8-13(9-7-12)15(19)11-16(20)18-10-14-4-2-3-5-17(14)21-18/h2-10H,11H2,1H3. The Kier molecular flexibility index (Phi) is 3.67. The minimum atomic E-state index is -0.127. The highest BCUT2D eigenvalue weighted by molar-refractivity contribution is 7.20. The zero-order valence-corrected chi connectivity index (χ0v) is 12.4. The molecule has 1 heterocycles. The molecule has 2 aromatic carbocycles. The smallest absolute Gasteiger partial charge is 0.180 e. The number of ketones is 2. The summed E-state index contributed by atoms with van der Waals surface area (Å²) in [5.41, 5.74) is 1.69. The monoisotopic (exact) mass is 294 g/mol. The molecule has 2 nitrogen and oxygen atoms in total. The van der Waals surface area contributed by atoms with E-state index in [1.807, 2.05) is 49.4 Å². The molecule has 0 atom stereocenters. The lowest BCUT2D eigenvalue weighted by Crippen LogP contribution is -2.07. The fraction of sp³-hybridized carbons (Fsp3) is 0.111. The lowest BCUT2D eigenvalue weighted by Gasteiger charge is -2.00. The van der Waals surface area contributed by atoms with Gasteiger partial charge in [-0.2, -0.15) is 0 Å². The van der Waals surface area contributed by atoms with Gasteiger partial charge in [0.1, 0.15) is 0 Å². The van der Waals surface area contributed by atoms with E-state index < -0.39 is 0 Å². The van der Waals surface area contributed by atoms with Gasteiger partial charge in [0.15, 0.2) is 11.6 Å². The van der Waals surface area contributed by atoms with Gasteiger partial charge in [0.2, 0.25) is 0 Å². The molecule has 0 spiro atoms. The second kappa shape index (κ2) is 5.62. The van der Waals surface area contributed by atoms with Crippen LogP contribution < -0.4 is 0 Å². The lowest BCUT2D eigenvalue weighted by atomic mass is 10.0. The van der Waals surface area contributed by atoms with Crippen molar-refractivity contribution in [3.63, 3.8) is 0 Å². The summed E-state index contributed by atoms with van der Waals surface area (Å²) < 4.78 is 1.07. The number of fused-ring (bicyclic) bond motifs is 1. The van der Waals surface area contributed by atoms with Crippen LogP contribution >= 0.6 is 11.3 Å². The summed E-state index contributed by atoms with van der Waals surface area (Å²) in [6.07, 6.45) is -0.0735. The summed E-state index contributed by atoms with van der Waals surface area (Å²) >= 11 is 1.44. The van der Waals surface area contributed by atoms with Gasteiger partial charge < -0.3 is 0 Å². The van der Waals surface area contributed by atoms with E-state index in [9.17, 15) is 9.59 Å². The fourth-order valence-corrected chi connectivity index (χ4v) is 3.19. The fourth-order valence-electron chi connectivity index (χ4n) is 2.19. The second-order valence-electron chi connectivity index (χ2n) is 5.04. The van der Waals surface area contributed by atoms with Gasteiger partial charge in [0.25, 0.3) is 0 Å². The SMILES string of the molecule is Cc1ccc(C(=O)CC(=O)c2cc3ccccc3s2)cc1. The van der Waals surface area contributed by atoms with Crippen molar-refractivity contribution < 1.29 is 9.59 Å². The van der Waals surface area contributed by atoms with Gasteiger partial charge in [-0.05, 0) is 24.4 Å². The Labute approximate surface area is 127 Å². The van der Waals surface area contributed by atoms with Crippen molar-refractivity contribution in [2.45, 2.75) is 13.3 Å². The topological polar surface area (TPSA) is 34.1 Å². The highest BCUT2D eigenvalue weighted by Crippen LogP contribution is 2.26. The Morgan fingerprint density at radius 3 is 2.38 bits per heavy atom. The summed E-state index contributed by atoms with van der Waals surface area (Å²) in [5.74, 6) is -0.237. The summed E-state index contributed by atoms with van der Waals surface area (Å²) in [7, 11) is 0. The van der Waals surface area contributed by atoms with Gasteiger partial charge in [-0.15, -0.1) is 11.3 Å². The van der Waals surface area contributed by atoms with Gasteiger partial charge in [-0.1, -0.05) is 48.0 Å². The van der Waals surface area contributed by atoms with Crippen LogP contribution in [0.4, 0.5) is 0 Å². The van der Waals surface area contributed by atoms with E-state index in [2.05, 4.69) is 0 Å². The average Bonchev–Trinajstić information content (AvgIpc) is 2.92. The second-order valence-corrected chi connectivity index (χ2v) is 6.12. The molecule has 0 fully saturated rings. The van der Waals surface area contributed by atoms with E-state index in [0.717, 1.165) is 15.6 Å². The molecular weight excluding hydrogens is 280 g/mol. The Bertz CT molecular complexity index is 780. The van der Waals surface area contributed by atoms with Gasteiger partial charge in [-0.3, -0.25) is 9.59 Å². The average molecular weight is 294 g/mol. The van der Waals surface area contributed by atoms with Crippen LogP contribution in [0.3, 0.4) is 0 Å². The number of hydrogen-bond acceptors (Lipinski definition) is 3. The number of benzene rings is 2. The minimum absolute atomic E-state index is 0.0735. The molecule has 0 unspecified atom stereocenters. The molecule has 0 saturated heterocycles. The Morgan fingerprint density at radius 2 is 1.67 bits per heavy atom. The van der Waals surface area contributed by atoms with Crippen molar-refractivity contribution in [2.24, 2.45) is 0 Å². The molecule has 0 N–H and O–H groups in total. The van der Waals surface area contributed by atoms with Crippen LogP contribution in [0, 0.1) is 6.92 Å². The van der Waals surface area contributed by atoms with E-state index in [0.29, 0.717) is 10.4 Å². The third-order valence-corrected chi connectivity index (χ3v) is 4.55. The maximum atomic E-state index is 12.3. The van der Waals surface area contributed by atoms with Crippen LogP contribution in [-0.4, -0.2) is 11.6 Å². The molecule has 0 aliphatic heterocycles. The summed E-state index contributed by atoms with van der Waals surface area (Å²) in [6.45, 7) is 1.97. The molecule has 1 aromatic heterocycles. The highest BCUT2D eigenvalue weighted by atomic mass is 32.1. The maximum Gasteiger partial charge on any atom is 0.180 e. The van der Waals surface area contributed by atoms with E-state index in [4.69, 9.17) is 0 Å². The van der Waals surface area contributed by atoms with Crippen molar-refractivity contribution >= 4 is 33.0 Å². The Balaban J connectivity index is 1.79.